The van der Waals surface area contributed by atoms with Crippen LogP contribution < -0.4 is 0 Å². The molecule has 0 aromatic heterocycles. The molecule has 24 heavy (non-hydrogen) atoms. The first-order chi connectivity index (χ1) is 11.3. The van der Waals surface area contributed by atoms with E-state index in [4.69, 9.17) is 4.99 Å². The van der Waals surface area contributed by atoms with E-state index in [9.17, 15) is 0 Å². The zero-order valence-electron chi connectivity index (χ0n) is 15.2. The minimum atomic E-state index is -0.113. The van der Waals surface area contributed by atoms with Crippen molar-refractivity contribution in [1.29, 1.82) is 0 Å². The molecule has 0 fully saturated rings. The second-order valence-corrected chi connectivity index (χ2v) is 7.49. The molecule has 2 aromatic rings. The predicted molar refractivity (Wildman–Crippen MR) is 103 cm³/mol. The van der Waals surface area contributed by atoms with Gasteiger partial charge in [0, 0.05) is 22.3 Å². The summed E-state index contributed by atoms with van der Waals surface area (Å²) in [5.74, 6) is 0. The van der Waals surface area contributed by atoms with Crippen molar-refractivity contribution in [2.75, 3.05) is 0 Å². The summed E-state index contributed by atoms with van der Waals surface area (Å²) in [5, 5.41) is 0. The summed E-state index contributed by atoms with van der Waals surface area (Å²) < 4.78 is 0. The molecule has 1 aliphatic rings. The van der Waals surface area contributed by atoms with E-state index in [2.05, 4.69) is 101 Å². The molecular weight excluding hydrogens is 290 g/mol. The highest BCUT2D eigenvalue weighted by Gasteiger charge is 2.45. The van der Waals surface area contributed by atoms with E-state index in [-0.39, 0.29) is 11.0 Å². The summed E-state index contributed by atoms with van der Waals surface area (Å²) >= 11 is 0. The number of nitrogens with zero attached hydrogens (tertiary/aromatic N) is 1. The maximum absolute atomic E-state index is 4.90. The Bertz CT molecular complexity index is 789. The molecule has 0 saturated heterocycles. The van der Waals surface area contributed by atoms with Gasteiger partial charge in [-0.25, -0.2) is 0 Å². The van der Waals surface area contributed by atoms with Gasteiger partial charge in [0.1, 0.15) is 0 Å². The van der Waals surface area contributed by atoms with Gasteiger partial charge in [0.15, 0.2) is 0 Å². The Morgan fingerprint density at radius 2 is 1.25 bits per heavy atom. The molecule has 1 heteroatoms. The molecule has 122 valence electrons. The van der Waals surface area contributed by atoms with Gasteiger partial charge in [-0.05, 0) is 31.9 Å². The van der Waals surface area contributed by atoms with E-state index in [0.29, 0.717) is 0 Å². The topological polar surface area (TPSA) is 12.4 Å². The molecule has 0 bridgehead atoms. The molecule has 0 N–H and O–H groups in total. The van der Waals surface area contributed by atoms with Crippen LogP contribution in [0.5, 0.6) is 0 Å². The van der Waals surface area contributed by atoms with Gasteiger partial charge in [0.25, 0.3) is 0 Å². The first kappa shape index (κ1) is 16.5. The average molecular weight is 315 g/mol. The first-order valence-electron chi connectivity index (χ1n) is 8.52. The van der Waals surface area contributed by atoms with Crippen LogP contribution in [0.4, 0.5) is 0 Å². The van der Waals surface area contributed by atoms with Gasteiger partial charge in [-0.15, -0.1) is 5.73 Å². The Kier molecular flexibility index (Phi) is 4.07. The highest BCUT2D eigenvalue weighted by Crippen LogP contribution is 2.46. The quantitative estimate of drug-likeness (QED) is 0.610. The number of rotatable bonds is 2. The van der Waals surface area contributed by atoms with Gasteiger partial charge in [0.05, 0.1) is 5.54 Å². The van der Waals surface area contributed by atoms with Crippen molar-refractivity contribution >= 4 is 11.3 Å². The fourth-order valence-electron chi connectivity index (χ4n) is 3.27. The molecule has 0 aliphatic carbocycles. The molecule has 1 aliphatic heterocycles. The predicted octanol–water partition coefficient (Wildman–Crippen LogP) is 5.92. The Labute approximate surface area is 145 Å². The molecule has 0 spiro atoms. The van der Waals surface area contributed by atoms with Crippen LogP contribution in [0.3, 0.4) is 0 Å². The number of aliphatic imine (C=N–C) groups is 1. The molecular formula is C23H25N. The van der Waals surface area contributed by atoms with E-state index in [1.165, 1.54) is 16.7 Å². The van der Waals surface area contributed by atoms with Crippen molar-refractivity contribution in [3.63, 3.8) is 0 Å². The molecule has 1 heterocycles. The Hall–Kier alpha value is -2.37. The first-order valence-corrected chi connectivity index (χ1v) is 8.52. The molecule has 0 amide bonds. The summed E-state index contributed by atoms with van der Waals surface area (Å²) in [6.45, 7) is 11.0. The van der Waals surface area contributed by atoms with Crippen molar-refractivity contribution in [2.45, 2.75) is 40.2 Å². The van der Waals surface area contributed by atoms with Gasteiger partial charge in [-0.3, -0.25) is 4.99 Å². The lowest BCUT2D eigenvalue weighted by molar-refractivity contribution is 0.284. The zero-order valence-corrected chi connectivity index (χ0v) is 15.2. The standard InChI is InChI=1S/C23H25N/c1-17-21(22(2,3)23(4,5)24-17)16-20(18-12-8-6-9-13-18)19-14-10-7-11-15-19/h6-15H,1-5H3. The van der Waals surface area contributed by atoms with Crippen LogP contribution in [0.25, 0.3) is 5.57 Å². The lowest BCUT2D eigenvalue weighted by Gasteiger charge is -2.33. The van der Waals surface area contributed by atoms with Crippen LogP contribution in [-0.4, -0.2) is 11.3 Å². The molecule has 0 saturated carbocycles. The van der Waals surface area contributed by atoms with E-state index in [1.54, 1.807) is 0 Å². The van der Waals surface area contributed by atoms with Crippen molar-refractivity contribution < 1.29 is 0 Å². The smallest absolute Gasteiger partial charge is 0.0653 e. The van der Waals surface area contributed by atoms with Gasteiger partial charge in [-0.1, -0.05) is 74.5 Å². The van der Waals surface area contributed by atoms with Crippen LogP contribution in [-0.2, 0) is 0 Å². The van der Waals surface area contributed by atoms with Crippen molar-refractivity contribution in [2.24, 2.45) is 10.4 Å². The summed E-state index contributed by atoms with van der Waals surface area (Å²) in [6, 6.07) is 21.0. The minimum Gasteiger partial charge on any atom is -0.282 e. The lowest BCUT2D eigenvalue weighted by Crippen LogP contribution is -2.34. The lowest BCUT2D eigenvalue weighted by atomic mass is 9.71. The largest absolute Gasteiger partial charge is 0.282 e. The molecule has 0 radical (unpaired) electrons. The van der Waals surface area contributed by atoms with E-state index >= 15 is 0 Å². The number of hydrogen-bond donors (Lipinski definition) is 0. The summed E-state index contributed by atoms with van der Waals surface area (Å²) in [7, 11) is 0. The third-order valence-electron chi connectivity index (χ3n) is 5.34. The highest BCUT2D eigenvalue weighted by molar-refractivity contribution is 6.03. The van der Waals surface area contributed by atoms with Gasteiger partial charge in [0.2, 0.25) is 0 Å². The Morgan fingerprint density at radius 1 is 0.792 bits per heavy atom. The molecule has 2 aromatic carbocycles. The van der Waals surface area contributed by atoms with Crippen LogP contribution in [0.2, 0.25) is 0 Å². The number of benzene rings is 2. The van der Waals surface area contributed by atoms with Crippen molar-refractivity contribution in [3.8, 4) is 0 Å². The summed E-state index contributed by atoms with van der Waals surface area (Å²) in [5.41, 5.74) is 9.38. The van der Waals surface area contributed by atoms with Crippen LogP contribution in [0, 0.1) is 5.41 Å². The monoisotopic (exact) mass is 315 g/mol. The van der Waals surface area contributed by atoms with Crippen LogP contribution >= 0.6 is 0 Å². The van der Waals surface area contributed by atoms with Gasteiger partial charge < -0.3 is 0 Å². The highest BCUT2D eigenvalue weighted by atomic mass is 14.9. The fraction of sp³-hybridized carbons (Fsp3) is 0.304. The second kappa shape index (κ2) is 5.92. The third kappa shape index (κ3) is 2.77. The molecule has 0 atom stereocenters. The average Bonchev–Trinajstić information content (AvgIpc) is 2.71. The Balaban J connectivity index is 2.31. The maximum Gasteiger partial charge on any atom is 0.0653 e. The van der Waals surface area contributed by atoms with Crippen LogP contribution in [0.1, 0.15) is 45.7 Å². The summed E-state index contributed by atoms with van der Waals surface area (Å²) in [6.07, 6.45) is 0. The minimum absolute atomic E-state index is 0.0497. The van der Waals surface area contributed by atoms with Crippen molar-refractivity contribution in [1.82, 2.24) is 0 Å². The van der Waals surface area contributed by atoms with Crippen molar-refractivity contribution in [3.05, 3.63) is 83.1 Å². The molecule has 3 rings (SSSR count). The zero-order chi connectivity index (χ0) is 17.4. The summed E-state index contributed by atoms with van der Waals surface area (Å²) in [4.78, 5) is 4.90. The van der Waals surface area contributed by atoms with E-state index in [0.717, 1.165) is 11.3 Å². The third-order valence-corrected chi connectivity index (χ3v) is 5.34. The normalized spacial score (nSPS) is 18.0. The second-order valence-electron chi connectivity index (χ2n) is 7.49. The maximum atomic E-state index is 4.90. The van der Waals surface area contributed by atoms with E-state index < -0.39 is 0 Å². The van der Waals surface area contributed by atoms with Gasteiger partial charge >= 0.3 is 0 Å². The molecule has 1 nitrogen and oxygen atoms in total. The van der Waals surface area contributed by atoms with Crippen LogP contribution in [0.15, 0.2) is 77.0 Å². The molecule has 0 unspecified atom stereocenters. The van der Waals surface area contributed by atoms with Gasteiger partial charge in [-0.2, -0.15) is 0 Å². The fourth-order valence-corrected chi connectivity index (χ4v) is 3.27. The Morgan fingerprint density at radius 3 is 1.62 bits per heavy atom. The number of hydrogen-bond acceptors (Lipinski definition) is 1. The SMILES string of the molecule is CC1=NC(C)(C)C(C)(C)C1=C=C(c1ccccc1)c1ccccc1. The van der Waals surface area contributed by atoms with E-state index in [1.807, 2.05) is 0 Å².